The summed E-state index contributed by atoms with van der Waals surface area (Å²) in [7, 11) is 0. The molecule has 1 unspecified atom stereocenters. The van der Waals surface area contributed by atoms with Gasteiger partial charge in [-0.25, -0.2) is 4.98 Å². The zero-order valence-electron chi connectivity index (χ0n) is 13.2. The predicted molar refractivity (Wildman–Crippen MR) is 91.3 cm³/mol. The lowest BCUT2D eigenvalue weighted by molar-refractivity contribution is 0.0934. The lowest BCUT2D eigenvalue weighted by Gasteiger charge is -2.19. The van der Waals surface area contributed by atoms with Crippen LogP contribution in [-0.2, 0) is 13.0 Å². The number of hydrogen-bond donors (Lipinski definition) is 3. The average Bonchev–Trinajstić information content (AvgIpc) is 3.22. The zero-order chi connectivity index (χ0) is 16.5. The zero-order valence-corrected chi connectivity index (χ0v) is 13.9. The Hall–Kier alpha value is -2.12. The molecule has 1 fully saturated rings. The summed E-state index contributed by atoms with van der Waals surface area (Å²) in [5.74, 6) is 0.660. The van der Waals surface area contributed by atoms with E-state index in [0.29, 0.717) is 23.8 Å². The highest BCUT2D eigenvalue weighted by molar-refractivity contribution is 6.32. The molecule has 8 heteroatoms. The van der Waals surface area contributed by atoms with E-state index in [1.807, 2.05) is 12.1 Å². The van der Waals surface area contributed by atoms with Gasteiger partial charge in [0.1, 0.15) is 5.82 Å². The number of aromatic amines is 1. The molecule has 2 aliphatic rings. The van der Waals surface area contributed by atoms with Gasteiger partial charge in [-0.2, -0.15) is 5.10 Å². The third-order valence-corrected chi connectivity index (χ3v) is 4.88. The lowest BCUT2D eigenvalue weighted by Crippen LogP contribution is -2.38. The first-order chi connectivity index (χ1) is 11.7. The minimum Gasteiger partial charge on any atom is -0.353 e. The molecule has 2 aliphatic heterocycles. The molecule has 1 atom stereocenters. The highest BCUT2D eigenvalue weighted by Gasteiger charge is 2.28. The minimum absolute atomic E-state index is 0.0690. The molecular weight excluding hydrogens is 328 g/mol. The van der Waals surface area contributed by atoms with Crippen molar-refractivity contribution < 1.29 is 4.79 Å². The van der Waals surface area contributed by atoms with E-state index in [9.17, 15) is 4.79 Å². The molecule has 24 heavy (non-hydrogen) atoms. The summed E-state index contributed by atoms with van der Waals surface area (Å²) in [5.41, 5.74) is 2.56. The van der Waals surface area contributed by atoms with Crippen molar-refractivity contribution in [2.24, 2.45) is 0 Å². The number of carbonyl (C=O) groups is 1. The first-order valence-corrected chi connectivity index (χ1v) is 8.53. The molecule has 0 aromatic carbocycles. The van der Waals surface area contributed by atoms with Crippen molar-refractivity contribution in [2.75, 3.05) is 24.5 Å². The van der Waals surface area contributed by atoms with Crippen LogP contribution < -0.4 is 15.5 Å². The fourth-order valence-electron chi connectivity index (χ4n) is 3.35. The summed E-state index contributed by atoms with van der Waals surface area (Å²) in [4.78, 5) is 19.0. The Morgan fingerprint density at radius 3 is 3.25 bits per heavy atom. The number of H-pyrrole nitrogens is 1. The first-order valence-electron chi connectivity index (χ1n) is 8.15. The smallest absolute Gasteiger partial charge is 0.272 e. The molecule has 7 nitrogen and oxygen atoms in total. The van der Waals surface area contributed by atoms with Gasteiger partial charge in [-0.3, -0.25) is 9.89 Å². The summed E-state index contributed by atoms with van der Waals surface area (Å²) in [6.45, 7) is 3.13. The van der Waals surface area contributed by atoms with Crippen molar-refractivity contribution in [1.82, 2.24) is 25.8 Å². The number of fused-ring (bicyclic) bond motifs is 1. The molecule has 0 bridgehead atoms. The number of amides is 1. The Bertz CT molecular complexity index is 761. The van der Waals surface area contributed by atoms with Crippen LogP contribution in [0.4, 0.5) is 5.82 Å². The van der Waals surface area contributed by atoms with Crippen LogP contribution in [0.3, 0.4) is 0 Å². The molecule has 4 heterocycles. The van der Waals surface area contributed by atoms with Crippen LogP contribution in [0.25, 0.3) is 0 Å². The predicted octanol–water partition coefficient (Wildman–Crippen LogP) is 1.11. The van der Waals surface area contributed by atoms with Gasteiger partial charge in [0.25, 0.3) is 5.91 Å². The molecule has 126 valence electrons. The van der Waals surface area contributed by atoms with Gasteiger partial charge in [0, 0.05) is 56.1 Å². The van der Waals surface area contributed by atoms with Gasteiger partial charge in [-0.05, 0) is 18.6 Å². The molecule has 2 aromatic heterocycles. The van der Waals surface area contributed by atoms with Crippen LogP contribution in [0.2, 0.25) is 5.02 Å². The molecule has 0 spiro atoms. The van der Waals surface area contributed by atoms with Gasteiger partial charge >= 0.3 is 0 Å². The molecular formula is C16H19ClN6O. The molecule has 0 saturated carbocycles. The summed E-state index contributed by atoms with van der Waals surface area (Å²) in [6.07, 6.45) is 3.48. The Balaban J connectivity index is 1.42. The van der Waals surface area contributed by atoms with E-state index in [1.165, 1.54) is 0 Å². The highest BCUT2D eigenvalue weighted by atomic mass is 35.5. The van der Waals surface area contributed by atoms with Crippen LogP contribution >= 0.6 is 11.6 Å². The summed E-state index contributed by atoms with van der Waals surface area (Å²) in [5, 5.41) is 14.2. The summed E-state index contributed by atoms with van der Waals surface area (Å²) in [6, 6.07) is 3.72. The van der Waals surface area contributed by atoms with E-state index < -0.39 is 0 Å². The monoisotopic (exact) mass is 346 g/mol. The number of halogens is 1. The maximum atomic E-state index is 12.6. The van der Waals surface area contributed by atoms with Crippen LogP contribution in [0.15, 0.2) is 18.3 Å². The first kappa shape index (κ1) is 15.4. The number of hydrogen-bond acceptors (Lipinski definition) is 5. The van der Waals surface area contributed by atoms with E-state index in [2.05, 4.69) is 30.7 Å². The molecule has 1 amide bonds. The molecule has 0 radical (unpaired) electrons. The highest BCUT2D eigenvalue weighted by Crippen LogP contribution is 2.26. The van der Waals surface area contributed by atoms with Gasteiger partial charge in [0.05, 0.1) is 5.02 Å². The SMILES string of the molecule is O=C(NC1CCN(c2ncccc2Cl)C1)c1n[nH]c2c1CNCC2. The van der Waals surface area contributed by atoms with Crippen molar-refractivity contribution in [3.8, 4) is 0 Å². The second kappa shape index (κ2) is 6.41. The molecule has 1 saturated heterocycles. The van der Waals surface area contributed by atoms with E-state index >= 15 is 0 Å². The maximum Gasteiger partial charge on any atom is 0.272 e. The van der Waals surface area contributed by atoms with Crippen molar-refractivity contribution in [2.45, 2.75) is 25.4 Å². The van der Waals surface area contributed by atoms with Gasteiger partial charge < -0.3 is 15.5 Å². The molecule has 0 aliphatic carbocycles. The fourth-order valence-corrected chi connectivity index (χ4v) is 3.59. The number of carbonyl (C=O) groups excluding carboxylic acids is 1. The Labute approximate surface area is 144 Å². The number of aromatic nitrogens is 3. The third-order valence-electron chi connectivity index (χ3n) is 4.58. The Morgan fingerprint density at radius 1 is 1.46 bits per heavy atom. The largest absolute Gasteiger partial charge is 0.353 e. The van der Waals surface area contributed by atoms with Gasteiger partial charge in [-0.1, -0.05) is 11.6 Å². The quantitative estimate of drug-likeness (QED) is 0.775. The number of pyridine rings is 1. The second-order valence-corrected chi connectivity index (χ2v) is 6.58. The van der Waals surface area contributed by atoms with Crippen molar-refractivity contribution in [1.29, 1.82) is 0 Å². The van der Waals surface area contributed by atoms with E-state index in [-0.39, 0.29) is 11.9 Å². The van der Waals surface area contributed by atoms with Crippen LogP contribution in [0.5, 0.6) is 0 Å². The molecule has 3 N–H and O–H groups in total. The van der Waals surface area contributed by atoms with Gasteiger partial charge in [-0.15, -0.1) is 0 Å². The Kier molecular flexibility index (Phi) is 4.12. The molecule has 4 rings (SSSR count). The number of rotatable bonds is 3. The van der Waals surface area contributed by atoms with Crippen LogP contribution in [-0.4, -0.2) is 46.8 Å². The topological polar surface area (TPSA) is 85.9 Å². The third kappa shape index (κ3) is 2.85. The summed E-state index contributed by atoms with van der Waals surface area (Å²) < 4.78 is 0. The van der Waals surface area contributed by atoms with Crippen molar-refractivity contribution in [3.63, 3.8) is 0 Å². The van der Waals surface area contributed by atoms with Crippen LogP contribution in [0, 0.1) is 0 Å². The maximum absolute atomic E-state index is 12.6. The lowest BCUT2D eigenvalue weighted by atomic mass is 10.1. The number of nitrogens with one attached hydrogen (secondary N) is 3. The van der Waals surface area contributed by atoms with E-state index in [1.54, 1.807) is 6.20 Å². The second-order valence-electron chi connectivity index (χ2n) is 6.17. The van der Waals surface area contributed by atoms with Gasteiger partial charge in [0.15, 0.2) is 5.69 Å². The van der Waals surface area contributed by atoms with Crippen LogP contribution in [0.1, 0.15) is 28.2 Å². The minimum atomic E-state index is -0.116. The summed E-state index contributed by atoms with van der Waals surface area (Å²) >= 11 is 6.21. The normalized spacial score (nSPS) is 20.0. The standard InChI is InChI=1S/C16H19ClN6O/c17-12-2-1-5-19-15(12)23-7-4-10(9-23)20-16(24)14-11-8-18-6-3-13(11)21-22-14/h1-2,5,10,18H,3-4,6-9H2,(H,20,24)(H,21,22). The molecule has 2 aromatic rings. The van der Waals surface area contributed by atoms with Crippen molar-refractivity contribution >= 4 is 23.3 Å². The van der Waals surface area contributed by atoms with E-state index in [4.69, 9.17) is 11.6 Å². The average molecular weight is 347 g/mol. The number of anilines is 1. The van der Waals surface area contributed by atoms with Crippen molar-refractivity contribution in [3.05, 3.63) is 40.3 Å². The van der Waals surface area contributed by atoms with E-state index in [0.717, 1.165) is 43.0 Å². The van der Waals surface area contributed by atoms with Gasteiger partial charge in [0.2, 0.25) is 0 Å². The Morgan fingerprint density at radius 2 is 2.38 bits per heavy atom. The fraction of sp³-hybridized carbons (Fsp3) is 0.438. The number of nitrogens with zero attached hydrogens (tertiary/aromatic N) is 3.